The summed E-state index contributed by atoms with van der Waals surface area (Å²) < 4.78 is 5.91. The number of rotatable bonds is 8. The Morgan fingerprint density at radius 1 is 1.04 bits per heavy atom. The Bertz CT molecular complexity index is 887. The molecule has 0 saturated carbocycles. The number of amides is 1. The van der Waals surface area contributed by atoms with Crippen LogP contribution in [0.15, 0.2) is 66.7 Å². The highest BCUT2D eigenvalue weighted by Gasteiger charge is 2.15. The lowest BCUT2D eigenvalue weighted by Gasteiger charge is -2.16. The molecule has 0 unspecified atom stereocenters. The molecule has 3 aromatic carbocycles. The minimum atomic E-state index is -0.530. The van der Waals surface area contributed by atoms with E-state index in [-0.39, 0.29) is 5.91 Å². The second-order valence-corrected chi connectivity index (χ2v) is 7.67. The van der Waals surface area contributed by atoms with Crippen LogP contribution in [0.4, 0.5) is 0 Å². The quantitative estimate of drug-likeness (QED) is 0.562. The maximum Gasteiger partial charge on any atom is 0.260 e. The molecule has 0 aromatic heterocycles. The maximum absolute atomic E-state index is 12.3. The monoisotopic (exact) mass is 379 g/mol. The van der Waals surface area contributed by atoms with Gasteiger partial charge in [0.25, 0.3) is 5.91 Å². The third-order valence-corrected chi connectivity index (χ3v) is 5.39. The molecule has 1 N–H and O–H groups in total. The third-order valence-electron chi connectivity index (χ3n) is 4.36. The van der Waals surface area contributed by atoms with Gasteiger partial charge in [0.05, 0.1) is 0 Å². The van der Waals surface area contributed by atoms with Crippen molar-refractivity contribution < 1.29 is 9.53 Å². The lowest BCUT2D eigenvalue weighted by Crippen LogP contribution is -2.37. The second-order valence-electron chi connectivity index (χ2n) is 6.57. The van der Waals surface area contributed by atoms with Gasteiger partial charge in [0.2, 0.25) is 0 Å². The average molecular weight is 380 g/mol. The van der Waals surface area contributed by atoms with Gasteiger partial charge in [-0.3, -0.25) is 4.79 Å². The molecule has 0 aliphatic rings. The van der Waals surface area contributed by atoms with Crippen LogP contribution in [0.3, 0.4) is 0 Å². The predicted octanol–water partition coefficient (Wildman–Crippen LogP) is 4.97. The van der Waals surface area contributed by atoms with Crippen LogP contribution in [0.25, 0.3) is 10.8 Å². The predicted molar refractivity (Wildman–Crippen MR) is 114 cm³/mol. The lowest BCUT2D eigenvalue weighted by molar-refractivity contribution is -0.127. The Balaban J connectivity index is 1.43. The van der Waals surface area contributed by atoms with Crippen molar-refractivity contribution in [1.82, 2.24) is 5.32 Å². The number of nitrogens with one attached hydrogen (secondary N) is 1. The molecule has 27 heavy (non-hydrogen) atoms. The van der Waals surface area contributed by atoms with Gasteiger partial charge in [-0.15, -0.1) is 0 Å². The van der Waals surface area contributed by atoms with Crippen molar-refractivity contribution in [3.05, 3.63) is 77.9 Å². The zero-order valence-corrected chi connectivity index (χ0v) is 16.6. The van der Waals surface area contributed by atoms with E-state index in [9.17, 15) is 4.79 Å². The van der Waals surface area contributed by atoms with E-state index in [2.05, 4.69) is 36.5 Å². The Kier molecular flexibility index (Phi) is 6.77. The molecule has 3 nitrogen and oxygen atoms in total. The van der Waals surface area contributed by atoms with Crippen molar-refractivity contribution in [2.24, 2.45) is 0 Å². The van der Waals surface area contributed by atoms with Gasteiger partial charge in [-0.25, -0.2) is 0 Å². The number of ether oxygens (including phenoxy) is 1. The molecular weight excluding hydrogens is 354 g/mol. The fraction of sp³-hybridized carbons (Fsp3) is 0.261. The number of thioether (sulfide) groups is 1. The molecule has 0 radical (unpaired) electrons. The van der Waals surface area contributed by atoms with Gasteiger partial charge in [0.1, 0.15) is 5.75 Å². The van der Waals surface area contributed by atoms with Gasteiger partial charge < -0.3 is 10.1 Å². The molecule has 0 spiro atoms. The van der Waals surface area contributed by atoms with Gasteiger partial charge in [0.15, 0.2) is 6.10 Å². The zero-order valence-electron chi connectivity index (χ0n) is 15.8. The molecular formula is C23H25NO2S. The molecule has 140 valence electrons. The highest BCUT2D eigenvalue weighted by molar-refractivity contribution is 7.98. The first-order valence-electron chi connectivity index (χ1n) is 9.19. The smallest absolute Gasteiger partial charge is 0.260 e. The van der Waals surface area contributed by atoms with E-state index in [0.29, 0.717) is 6.54 Å². The van der Waals surface area contributed by atoms with Gasteiger partial charge in [0, 0.05) is 23.4 Å². The van der Waals surface area contributed by atoms with Gasteiger partial charge in [-0.1, -0.05) is 66.2 Å². The van der Waals surface area contributed by atoms with Gasteiger partial charge in [-0.05, 0) is 30.9 Å². The topological polar surface area (TPSA) is 38.3 Å². The summed E-state index contributed by atoms with van der Waals surface area (Å²) in [6, 6.07) is 22.5. The minimum Gasteiger partial charge on any atom is -0.480 e. The van der Waals surface area contributed by atoms with Crippen LogP contribution in [0, 0.1) is 6.92 Å². The van der Waals surface area contributed by atoms with Crippen molar-refractivity contribution in [3.63, 3.8) is 0 Å². The molecule has 3 rings (SSSR count). The largest absolute Gasteiger partial charge is 0.480 e. The second kappa shape index (κ2) is 9.47. The zero-order chi connectivity index (χ0) is 19.1. The fourth-order valence-corrected chi connectivity index (χ4v) is 3.63. The number of carbonyl (C=O) groups is 1. The Morgan fingerprint density at radius 2 is 1.78 bits per heavy atom. The van der Waals surface area contributed by atoms with Crippen molar-refractivity contribution in [1.29, 1.82) is 0 Å². The maximum atomic E-state index is 12.3. The van der Waals surface area contributed by atoms with Crippen LogP contribution < -0.4 is 10.1 Å². The fourth-order valence-electron chi connectivity index (χ4n) is 2.81. The van der Waals surface area contributed by atoms with E-state index in [0.717, 1.165) is 28.0 Å². The first-order chi connectivity index (χ1) is 13.1. The minimum absolute atomic E-state index is 0.0844. The number of carbonyl (C=O) groups excluding carboxylic acids is 1. The summed E-state index contributed by atoms with van der Waals surface area (Å²) in [5.41, 5.74) is 2.58. The molecule has 0 heterocycles. The normalized spacial score (nSPS) is 11.9. The van der Waals surface area contributed by atoms with E-state index in [1.54, 1.807) is 6.92 Å². The Morgan fingerprint density at radius 3 is 2.59 bits per heavy atom. The van der Waals surface area contributed by atoms with E-state index in [1.807, 2.05) is 54.2 Å². The molecule has 0 fully saturated rings. The van der Waals surface area contributed by atoms with Crippen molar-refractivity contribution in [2.45, 2.75) is 25.7 Å². The van der Waals surface area contributed by atoms with E-state index < -0.39 is 6.10 Å². The lowest BCUT2D eigenvalue weighted by atomic mass is 10.1. The van der Waals surface area contributed by atoms with E-state index in [1.165, 1.54) is 11.1 Å². The summed E-state index contributed by atoms with van der Waals surface area (Å²) in [6.07, 6.45) is -0.530. The van der Waals surface area contributed by atoms with Crippen LogP contribution in [0.1, 0.15) is 18.1 Å². The summed E-state index contributed by atoms with van der Waals surface area (Å²) in [5, 5.41) is 5.09. The first-order valence-corrected chi connectivity index (χ1v) is 10.3. The number of hydrogen-bond acceptors (Lipinski definition) is 3. The summed E-state index contributed by atoms with van der Waals surface area (Å²) in [4.78, 5) is 12.3. The molecule has 1 amide bonds. The molecule has 0 aliphatic heterocycles. The molecule has 4 heteroatoms. The molecule has 1 atom stereocenters. The molecule has 3 aromatic rings. The number of benzene rings is 3. The first kappa shape index (κ1) is 19.3. The van der Waals surface area contributed by atoms with E-state index >= 15 is 0 Å². The Labute approximate surface area is 165 Å². The molecule has 0 bridgehead atoms. The Hall–Kier alpha value is -2.46. The van der Waals surface area contributed by atoms with Crippen LogP contribution in [0.2, 0.25) is 0 Å². The van der Waals surface area contributed by atoms with E-state index in [4.69, 9.17) is 4.74 Å². The van der Waals surface area contributed by atoms with Crippen molar-refractivity contribution >= 4 is 28.4 Å². The number of hydrogen-bond donors (Lipinski definition) is 1. The third kappa shape index (κ3) is 5.51. The summed E-state index contributed by atoms with van der Waals surface area (Å²) in [5.74, 6) is 2.49. The number of aryl methyl sites for hydroxylation is 1. The van der Waals surface area contributed by atoms with Crippen molar-refractivity contribution in [2.75, 3.05) is 12.3 Å². The van der Waals surface area contributed by atoms with Gasteiger partial charge in [-0.2, -0.15) is 11.8 Å². The number of fused-ring (bicyclic) bond motifs is 1. The standard InChI is InChI=1S/C23H25NO2S/c1-17-10-12-19(13-11-17)16-27-15-14-24-23(25)18(2)26-22-9-5-7-20-6-3-4-8-21(20)22/h3-13,18H,14-16H2,1-2H3,(H,24,25)/t18-/m1/s1. The van der Waals surface area contributed by atoms with Gasteiger partial charge >= 0.3 is 0 Å². The average Bonchev–Trinajstić information content (AvgIpc) is 2.69. The summed E-state index contributed by atoms with van der Waals surface area (Å²) in [6.45, 7) is 4.52. The van der Waals surface area contributed by atoms with Crippen LogP contribution in [-0.2, 0) is 10.5 Å². The molecule has 0 saturated heterocycles. The summed E-state index contributed by atoms with van der Waals surface area (Å²) >= 11 is 1.82. The highest BCUT2D eigenvalue weighted by atomic mass is 32.2. The van der Waals surface area contributed by atoms with Crippen LogP contribution in [0.5, 0.6) is 5.75 Å². The van der Waals surface area contributed by atoms with Crippen molar-refractivity contribution in [3.8, 4) is 5.75 Å². The highest BCUT2D eigenvalue weighted by Crippen LogP contribution is 2.26. The molecule has 0 aliphatic carbocycles. The van der Waals surface area contributed by atoms with Crippen LogP contribution in [-0.4, -0.2) is 24.3 Å². The SMILES string of the molecule is Cc1ccc(CSCCNC(=O)[C@@H](C)Oc2cccc3ccccc23)cc1. The summed E-state index contributed by atoms with van der Waals surface area (Å²) in [7, 11) is 0. The van der Waals surface area contributed by atoms with Crippen LogP contribution >= 0.6 is 11.8 Å².